The van der Waals surface area contributed by atoms with E-state index in [1.165, 1.54) is 18.8 Å². The first-order chi connectivity index (χ1) is 16.4. The van der Waals surface area contributed by atoms with Crippen LogP contribution in [0.1, 0.15) is 71.4 Å². The number of phenolic OH excluding ortho intramolecular Hbond substituents is 1. The molecule has 4 N–H and O–H groups in total. The van der Waals surface area contributed by atoms with Gasteiger partial charge in [0.05, 0.1) is 18.5 Å². The molecule has 0 aliphatic carbocycles. The van der Waals surface area contributed by atoms with Gasteiger partial charge in [-0.1, -0.05) is 18.6 Å². The van der Waals surface area contributed by atoms with Gasteiger partial charge in [0, 0.05) is 52.4 Å². The molecule has 0 unspecified atom stereocenters. The van der Waals surface area contributed by atoms with Crippen molar-refractivity contribution in [3.05, 3.63) is 70.1 Å². The van der Waals surface area contributed by atoms with Crippen LogP contribution >= 0.6 is 0 Å². The molecule has 0 bridgehead atoms. The molecule has 0 radical (unpaired) electrons. The zero-order valence-electron chi connectivity index (χ0n) is 23.1. The van der Waals surface area contributed by atoms with Crippen LogP contribution in [0.5, 0.6) is 5.75 Å². The first kappa shape index (κ1) is 30.8. The van der Waals surface area contributed by atoms with E-state index in [0.717, 1.165) is 37.1 Å². The normalized spacial score (nSPS) is 19.6. The quantitative estimate of drug-likeness (QED) is 0.242. The van der Waals surface area contributed by atoms with E-state index in [9.17, 15) is 5.11 Å². The maximum absolute atomic E-state index is 10.8. The Kier molecular flexibility index (Phi) is 11.0. The Labute approximate surface area is 258 Å². The van der Waals surface area contributed by atoms with Crippen LogP contribution in [0.2, 0.25) is 0 Å². The standard InChI is InChI=1S/C28H40N5O2.K/c1-8-18-11-20(32-21-15-27(2,3)33-28(4,5)16-21)17-31-24(12-18)22-10-9-19(13-25(22)34)23(29)14-26(30-6)35-7;/h9-10,12-14,17,21,33H,8,11,15-16H2,1-7H3,(H3-,29,30,31,32,34);/q-1;+1. The van der Waals surface area contributed by atoms with Crippen LogP contribution in [0.25, 0.3) is 5.32 Å². The summed E-state index contributed by atoms with van der Waals surface area (Å²) >= 11 is 0. The number of ether oxygens (including phenoxy) is 1. The summed E-state index contributed by atoms with van der Waals surface area (Å²) in [5.74, 6) is 0.443. The maximum atomic E-state index is 10.8. The molecule has 1 fully saturated rings. The predicted octanol–water partition coefficient (Wildman–Crippen LogP) is 2.52. The van der Waals surface area contributed by atoms with E-state index in [4.69, 9.17) is 15.1 Å². The summed E-state index contributed by atoms with van der Waals surface area (Å²) < 4.78 is 5.11. The van der Waals surface area contributed by atoms with E-state index in [1.807, 2.05) is 18.3 Å². The fraction of sp³-hybridized carbons (Fsp3) is 0.500. The second-order valence-electron chi connectivity index (χ2n) is 10.7. The number of phenols is 1. The Bertz CT molecular complexity index is 1060. The Morgan fingerprint density at radius 1 is 1.28 bits per heavy atom. The molecule has 0 atom stereocenters. The van der Waals surface area contributed by atoms with Gasteiger partial charge >= 0.3 is 51.4 Å². The van der Waals surface area contributed by atoms with E-state index in [1.54, 1.807) is 13.1 Å². The van der Waals surface area contributed by atoms with Crippen LogP contribution in [0.4, 0.5) is 0 Å². The fourth-order valence-electron chi connectivity index (χ4n) is 5.21. The molecule has 36 heavy (non-hydrogen) atoms. The van der Waals surface area contributed by atoms with Crippen molar-refractivity contribution in [3.8, 4) is 5.75 Å². The van der Waals surface area contributed by atoms with Crippen molar-refractivity contribution < 1.29 is 61.2 Å². The summed E-state index contributed by atoms with van der Waals surface area (Å²) in [5.41, 5.74) is 4.63. The molecule has 3 rings (SSSR count). The summed E-state index contributed by atoms with van der Waals surface area (Å²) in [6.45, 7) is 11.2. The van der Waals surface area contributed by atoms with Gasteiger partial charge in [-0.05, 0) is 71.2 Å². The molecule has 0 spiro atoms. The first-order valence-corrected chi connectivity index (χ1v) is 12.3. The average molecular weight is 518 g/mol. The Morgan fingerprint density at radius 2 is 1.94 bits per heavy atom. The van der Waals surface area contributed by atoms with Crippen LogP contribution in [-0.4, -0.2) is 47.8 Å². The number of benzene rings is 1. The number of methoxy groups -OCH3 is 1. The first-order valence-electron chi connectivity index (χ1n) is 12.3. The van der Waals surface area contributed by atoms with Gasteiger partial charge in [-0.25, -0.2) is 0 Å². The van der Waals surface area contributed by atoms with E-state index >= 15 is 0 Å². The molecule has 0 saturated carbocycles. The molecule has 0 aromatic heterocycles. The topological polar surface area (TPSA) is 104 Å². The van der Waals surface area contributed by atoms with Gasteiger partial charge in [0.25, 0.3) is 0 Å². The minimum Gasteiger partial charge on any atom is -0.656 e. The van der Waals surface area contributed by atoms with Gasteiger partial charge in [0.1, 0.15) is 5.75 Å². The summed E-state index contributed by atoms with van der Waals surface area (Å²) in [6, 6.07) is 5.58. The average Bonchev–Trinajstić information content (AvgIpc) is 2.97. The third-order valence-electron chi connectivity index (χ3n) is 6.43. The van der Waals surface area contributed by atoms with Gasteiger partial charge in [0.2, 0.25) is 0 Å². The van der Waals surface area contributed by atoms with Gasteiger partial charge in [-0.2, -0.15) is 0 Å². The Hall–Kier alpha value is -1.42. The maximum Gasteiger partial charge on any atom is 1.00 e. The second kappa shape index (κ2) is 12.9. The molecular formula is C28H40KN5O2. The number of hydrogen-bond acceptors (Lipinski definition) is 6. The minimum absolute atomic E-state index is 0. The van der Waals surface area contributed by atoms with Gasteiger partial charge in [0.15, 0.2) is 0 Å². The second-order valence-corrected chi connectivity index (χ2v) is 10.7. The van der Waals surface area contributed by atoms with Crippen molar-refractivity contribution in [2.24, 2.45) is 4.99 Å². The van der Waals surface area contributed by atoms with Crippen LogP contribution in [0, 0.1) is 5.41 Å². The number of hydrogen-bond donors (Lipinski definition) is 4. The number of piperidine rings is 1. The third kappa shape index (κ3) is 8.29. The summed E-state index contributed by atoms with van der Waals surface area (Å²) in [5, 5.41) is 30.6. The van der Waals surface area contributed by atoms with Crippen LogP contribution in [-0.2, 0) is 4.74 Å². The zero-order chi connectivity index (χ0) is 25.8. The smallest absolute Gasteiger partial charge is 0.656 e. The van der Waals surface area contributed by atoms with Crippen molar-refractivity contribution in [3.63, 3.8) is 0 Å². The molecule has 2 aliphatic rings. The Morgan fingerprint density at radius 3 is 2.50 bits per heavy atom. The van der Waals surface area contributed by atoms with E-state index < -0.39 is 0 Å². The predicted molar refractivity (Wildman–Crippen MR) is 144 cm³/mol. The Balaban J connectivity index is 0.00000456. The number of aliphatic imine (C=N–C) groups is 1. The van der Waals surface area contributed by atoms with Gasteiger partial charge in [-0.3, -0.25) is 4.99 Å². The van der Waals surface area contributed by atoms with Crippen molar-refractivity contribution in [2.75, 3.05) is 14.2 Å². The number of allylic oxidation sites excluding steroid dienone is 3. The molecule has 2 heterocycles. The molecule has 8 heteroatoms. The number of rotatable bonds is 8. The van der Waals surface area contributed by atoms with E-state index in [2.05, 4.69) is 56.6 Å². The third-order valence-corrected chi connectivity index (χ3v) is 6.43. The molecule has 1 aromatic carbocycles. The molecule has 190 valence electrons. The van der Waals surface area contributed by atoms with E-state index in [-0.39, 0.29) is 73.9 Å². The summed E-state index contributed by atoms with van der Waals surface area (Å²) in [4.78, 5) is 4.76. The van der Waals surface area contributed by atoms with Crippen molar-refractivity contribution in [1.82, 2.24) is 10.6 Å². The molecule has 0 amide bonds. The molecule has 1 saturated heterocycles. The van der Waals surface area contributed by atoms with Crippen molar-refractivity contribution in [2.45, 2.75) is 77.4 Å². The van der Waals surface area contributed by atoms with Crippen molar-refractivity contribution >= 4 is 11.4 Å². The SMILES string of the molecule is CCC1=CC(c2ccc(C(=N)/C=C(\[N-]C)OC)cc2O)=NC=C(NC2CC(C)(C)NC(C)(C)C2)C1.[K+]. The monoisotopic (exact) mass is 517 g/mol. The zero-order valence-corrected chi connectivity index (χ0v) is 26.2. The van der Waals surface area contributed by atoms with Crippen LogP contribution in [0.3, 0.4) is 0 Å². The molecule has 7 nitrogen and oxygen atoms in total. The molecular weight excluding hydrogens is 477 g/mol. The number of nitrogens with zero attached hydrogens (tertiary/aromatic N) is 2. The number of aromatic hydroxyl groups is 1. The van der Waals surface area contributed by atoms with Gasteiger partial charge < -0.3 is 31.2 Å². The summed E-state index contributed by atoms with van der Waals surface area (Å²) in [6.07, 6.45) is 9.28. The number of nitrogens with one attached hydrogen (secondary N) is 3. The van der Waals surface area contributed by atoms with Crippen LogP contribution in [0.15, 0.2) is 58.7 Å². The van der Waals surface area contributed by atoms with Gasteiger partial charge in [-0.15, -0.1) is 7.05 Å². The summed E-state index contributed by atoms with van der Waals surface area (Å²) in [7, 11) is 3.12. The minimum atomic E-state index is 0. The fourth-order valence-corrected chi connectivity index (χ4v) is 5.21. The molecule has 2 aliphatic heterocycles. The van der Waals surface area contributed by atoms with Crippen LogP contribution < -0.4 is 62.0 Å². The van der Waals surface area contributed by atoms with Crippen molar-refractivity contribution in [1.29, 1.82) is 5.41 Å². The molecule has 1 aromatic rings. The van der Waals surface area contributed by atoms with E-state index in [0.29, 0.717) is 23.1 Å². The largest absolute Gasteiger partial charge is 1.00 e.